The van der Waals surface area contributed by atoms with Crippen LogP contribution in [-0.4, -0.2) is 37.5 Å². The van der Waals surface area contributed by atoms with E-state index in [-0.39, 0.29) is 6.54 Å². The summed E-state index contributed by atoms with van der Waals surface area (Å²) in [4.78, 5) is 23.4. The van der Waals surface area contributed by atoms with E-state index in [0.29, 0.717) is 22.5 Å². The monoisotopic (exact) mass is 395 g/mol. The quantitative estimate of drug-likeness (QED) is 0.618. The Morgan fingerprint density at radius 1 is 1.11 bits per heavy atom. The third kappa shape index (κ3) is 4.87. The van der Waals surface area contributed by atoms with Gasteiger partial charge in [-0.3, -0.25) is 9.78 Å². The molecule has 3 rings (SSSR count). The second kappa shape index (κ2) is 7.71. The van der Waals surface area contributed by atoms with E-state index < -0.39 is 30.2 Å². The number of hydrogen-bond donors (Lipinski definition) is 0. The maximum Gasteiger partial charge on any atom is 0.422 e. The fraction of sp³-hybridized carbons (Fsp3) is 0.235. The minimum atomic E-state index is -4.50. The van der Waals surface area contributed by atoms with Gasteiger partial charge in [0.1, 0.15) is 5.82 Å². The van der Waals surface area contributed by atoms with Crippen LogP contribution in [0, 0.1) is 12.7 Å². The van der Waals surface area contributed by atoms with Gasteiger partial charge in [-0.1, -0.05) is 0 Å². The van der Waals surface area contributed by atoms with Crippen LogP contribution in [0.3, 0.4) is 0 Å². The van der Waals surface area contributed by atoms with Crippen LogP contribution in [0.2, 0.25) is 0 Å². The first-order valence-corrected chi connectivity index (χ1v) is 7.92. The molecule has 0 radical (unpaired) electrons. The topological polar surface area (TPSA) is 82.8 Å². The minimum absolute atomic E-state index is 0.00307. The lowest BCUT2D eigenvalue weighted by Crippen LogP contribution is -2.23. The molecule has 0 spiro atoms. The van der Waals surface area contributed by atoms with Gasteiger partial charge < -0.3 is 4.74 Å². The van der Waals surface area contributed by atoms with Crippen LogP contribution in [0.15, 0.2) is 41.6 Å². The zero-order valence-electron chi connectivity index (χ0n) is 14.4. The molecule has 0 amide bonds. The molecule has 3 heterocycles. The second-order valence-corrected chi connectivity index (χ2v) is 5.77. The Balaban J connectivity index is 1.83. The molecule has 0 aliphatic carbocycles. The number of nitrogens with zero attached hydrogens (tertiary/aromatic N) is 5. The summed E-state index contributed by atoms with van der Waals surface area (Å²) in [5, 5.41) is 4.18. The number of halogens is 4. The maximum atomic E-state index is 13.4. The molecule has 28 heavy (non-hydrogen) atoms. The molecule has 0 fully saturated rings. The van der Waals surface area contributed by atoms with Crippen molar-refractivity contribution in [2.24, 2.45) is 0 Å². The standard InChI is InChI=1S/C17H13F4N5O2/c1-10-11(4-13(18)7-22-10)8-26-15(27)3-2-14(25-26)12-5-23-16(24-6-12)28-9-17(19,20)21/h2-7H,8-9H2,1H3. The van der Waals surface area contributed by atoms with Crippen molar-refractivity contribution in [3.8, 4) is 17.3 Å². The van der Waals surface area contributed by atoms with Crippen LogP contribution in [0.25, 0.3) is 11.3 Å². The summed E-state index contributed by atoms with van der Waals surface area (Å²) >= 11 is 0. The minimum Gasteiger partial charge on any atom is -0.454 e. The molecule has 3 aromatic heterocycles. The summed E-state index contributed by atoms with van der Waals surface area (Å²) in [7, 11) is 0. The van der Waals surface area contributed by atoms with E-state index in [2.05, 4.69) is 24.8 Å². The Morgan fingerprint density at radius 2 is 1.82 bits per heavy atom. The smallest absolute Gasteiger partial charge is 0.422 e. The number of pyridine rings is 1. The Labute approximate surface area is 155 Å². The molecule has 3 aromatic rings. The van der Waals surface area contributed by atoms with Crippen LogP contribution in [0.5, 0.6) is 6.01 Å². The Kier molecular flexibility index (Phi) is 5.34. The first-order chi connectivity index (χ1) is 13.2. The van der Waals surface area contributed by atoms with Crippen LogP contribution in [0.4, 0.5) is 17.6 Å². The SMILES string of the molecule is Cc1ncc(F)cc1Cn1nc(-c2cnc(OCC(F)(F)F)nc2)ccc1=O. The van der Waals surface area contributed by atoms with Gasteiger partial charge in [0.05, 0.1) is 18.4 Å². The summed E-state index contributed by atoms with van der Waals surface area (Å²) in [5.74, 6) is -0.535. The van der Waals surface area contributed by atoms with Crippen molar-refractivity contribution in [2.45, 2.75) is 19.6 Å². The third-order valence-electron chi connectivity index (χ3n) is 3.63. The van der Waals surface area contributed by atoms with Gasteiger partial charge in [-0.05, 0) is 24.6 Å². The zero-order chi connectivity index (χ0) is 20.3. The molecule has 0 unspecified atom stereocenters. The number of aryl methyl sites for hydroxylation is 1. The Morgan fingerprint density at radius 3 is 2.50 bits per heavy atom. The zero-order valence-corrected chi connectivity index (χ0v) is 14.4. The molecule has 11 heteroatoms. The lowest BCUT2D eigenvalue weighted by molar-refractivity contribution is -0.154. The third-order valence-corrected chi connectivity index (χ3v) is 3.63. The van der Waals surface area contributed by atoms with E-state index in [0.717, 1.165) is 10.9 Å². The molecule has 0 aliphatic heterocycles. The molecular formula is C17H13F4N5O2. The summed E-state index contributed by atoms with van der Waals surface area (Å²) < 4.78 is 55.4. The van der Waals surface area contributed by atoms with E-state index in [4.69, 9.17) is 0 Å². The molecule has 0 bridgehead atoms. The van der Waals surface area contributed by atoms with E-state index in [1.165, 1.54) is 30.6 Å². The normalized spacial score (nSPS) is 11.5. The van der Waals surface area contributed by atoms with Crippen molar-refractivity contribution in [1.29, 1.82) is 0 Å². The molecule has 0 saturated heterocycles. The summed E-state index contributed by atoms with van der Waals surface area (Å²) in [6.45, 7) is 0.171. The van der Waals surface area contributed by atoms with Crippen molar-refractivity contribution in [2.75, 3.05) is 6.61 Å². The van der Waals surface area contributed by atoms with Gasteiger partial charge in [0.25, 0.3) is 5.56 Å². The van der Waals surface area contributed by atoms with Gasteiger partial charge in [0.15, 0.2) is 6.61 Å². The molecule has 0 atom stereocenters. The second-order valence-electron chi connectivity index (χ2n) is 5.77. The highest BCUT2D eigenvalue weighted by molar-refractivity contribution is 5.55. The van der Waals surface area contributed by atoms with Crippen molar-refractivity contribution in [3.63, 3.8) is 0 Å². The molecule has 0 N–H and O–H groups in total. The number of rotatable bonds is 5. The average molecular weight is 395 g/mol. The van der Waals surface area contributed by atoms with Crippen molar-refractivity contribution in [3.05, 3.63) is 64.2 Å². The molecule has 7 nitrogen and oxygen atoms in total. The lowest BCUT2D eigenvalue weighted by atomic mass is 10.2. The summed E-state index contributed by atoms with van der Waals surface area (Å²) in [5.41, 5.74) is 1.29. The highest BCUT2D eigenvalue weighted by Gasteiger charge is 2.28. The maximum absolute atomic E-state index is 13.4. The number of ether oxygens (including phenoxy) is 1. The fourth-order valence-electron chi connectivity index (χ4n) is 2.26. The number of hydrogen-bond acceptors (Lipinski definition) is 6. The van der Waals surface area contributed by atoms with Crippen molar-refractivity contribution < 1.29 is 22.3 Å². The Hall–Kier alpha value is -3.37. The van der Waals surface area contributed by atoms with Crippen LogP contribution in [0.1, 0.15) is 11.3 Å². The molecule has 146 valence electrons. The molecule has 0 aliphatic rings. The van der Waals surface area contributed by atoms with Crippen molar-refractivity contribution in [1.82, 2.24) is 24.7 Å². The van der Waals surface area contributed by atoms with Gasteiger partial charge in [0.2, 0.25) is 0 Å². The van der Waals surface area contributed by atoms with Crippen molar-refractivity contribution >= 4 is 0 Å². The number of aromatic nitrogens is 5. The first-order valence-electron chi connectivity index (χ1n) is 7.92. The summed E-state index contributed by atoms with van der Waals surface area (Å²) in [6, 6.07) is 3.51. The molecule has 0 aromatic carbocycles. The van der Waals surface area contributed by atoms with E-state index in [1.54, 1.807) is 6.92 Å². The Bertz CT molecular complexity index is 1030. The molecular weight excluding hydrogens is 382 g/mol. The lowest BCUT2D eigenvalue weighted by Gasteiger charge is -2.10. The van der Waals surface area contributed by atoms with E-state index >= 15 is 0 Å². The highest BCUT2D eigenvalue weighted by atomic mass is 19.4. The predicted octanol–water partition coefficient (Wildman–Crippen LogP) is 2.53. The number of alkyl halides is 3. The van der Waals surface area contributed by atoms with Gasteiger partial charge in [0, 0.05) is 29.7 Å². The summed E-state index contributed by atoms with van der Waals surface area (Å²) in [6.07, 6.45) is -0.968. The van der Waals surface area contributed by atoms with Gasteiger partial charge >= 0.3 is 12.2 Å². The molecule has 0 saturated carbocycles. The average Bonchev–Trinajstić information content (AvgIpc) is 2.65. The highest BCUT2D eigenvalue weighted by Crippen LogP contribution is 2.18. The van der Waals surface area contributed by atoms with Gasteiger partial charge in [-0.25, -0.2) is 19.0 Å². The first kappa shape index (κ1) is 19.4. The fourth-order valence-corrected chi connectivity index (χ4v) is 2.26. The van der Waals surface area contributed by atoms with Crippen LogP contribution in [-0.2, 0) is 6.54 Å². The van der Waals surface area contributed by atoms with Gasteiger partial charge in [-0.15, -0.1) is 0 Å². The van der Waals surface area contributed by atoms with Crippen LogP contribution >= 0.6 is 0 Å². The predicted molar refractivity (Wildman–Crippen MR) is 89.1 cm³/mol. The van der Waals surface area contributed by atoms with E-state index in [1.807, 2.05) is 0 Å². The largest absolute Gasteiger partial charge is 0.454 e. The van der Waals surface area contributed by atoms with Crippen LogP contribution < -0.4 is 10.3 Å². The van der Waals surface area contributed by atoms with E-state index in [9.17, 15) is 22.4 Å². The van der Waals surface area contributed by atoms with Gasteiger partial charge in [-0.2, -0.15) is 18.3 Å².